The molecule has 0 saturated carbocycles. The molecule has 0 aliphatic rings. The minimum atomic E-state index is -0.674. The summed E-state index contributed by atoms with van der Waals surface area (Å²) >= 11 is 0. The molecule has 6 N–H and O–H groups in total. The van der Waals surface area contributed by atoms with Gasteiger partial charge in [0, 0.05) is 11.4 Å². The van der Waals surface area contributed by atoms with Crippen molar-refractivity contribution in [2.75, 3.05) is 11.5 Å². The molecule has 1 aromatic rings. The molecule has 0 fully saturated rings. The molecule has 0 atom stereocenters. The second-order valence-electron chi connectivity index (χ2n) is 2.25. The van der Waals surface area contributed by atoms with Gasteiger partial charge in [-0.3, -0.25) is 0 Å². The van der Waals surface area contributed by atoms with E-state index in [9.17, 15) is 4.79 Å². The molecule has 0 heterocycles. The Morgan fingerprint density at radius 2 is 2.00 bits per heavy atom. The summed E-state index contributed by atoms with van der Waals surface area (Å²) < 4.78 is 0. The van der Waals surface area contributed by atoms with Gasteiger partial charge in [-0.2, -0.15) is 5.90 Å². The smallest absolute Gasteiger partial charge is 0.358 e. The number of hydrogen-bond acceptors (Lipinski definition) is 5. The quantitative estimate of drug-likeness (QED) is 0.399. The average Bonchev–Trinajstić information content (AvgIpc) is 2.03. The lowest BCUT2D eigenvalue weighted by atomic mass is 10.1. The van der Waals surface area contributed by atoms with E-state index in [4.69, 9.17) is 11.5 Å². The Hall–Kier alpha value is -1.75. The Balaban J connectivity index is 3.09. The Morgan fingerprint density at radius 1 is 1.33 bits per heavy atom. The van der Waals surface area contributed by atoms with Gasteiger partial charge in [-0.1, -0.05) is 0 Å². The van der Waals surface area contributed by atoms with Gasteiger partial charge in [0.25, 0.3) is 0 Å². The van der Waals surface area contributed by atoms with Crippen molar-refractivity contribution in [3.8, 4) is 0 Å². The SMILES string of the molecule is NOC(=O)c1ccc(N)cc1N. The molecule has 0 bridgehead atoms. The fourth-order valence-corrected chi connectivity index (χ4v) is 0.831. The number of benzene rings is 1. The topological polar surface area (TPSA) is 104 Å². The van der Waals surface area contributed by atoms with Crippen LogP contribution in [0.4, 0.5) is 11.4 Å². The van der Waals surface area contributed by atoms with Crippen molar-refractivity contribution in [1.82, 2.24) is 0 Å². The average molecular weight is 167 g/mol. The van der Waals surface area contributed by atoms with Gasteiger partial charge in [0.1, 0.15) is 0 Å². The van der Waals surface area contributed by atoms with Crippen LogP contribution < -0.4 is 17.4 Å². The minimum absolute atomic E-state index is 0.215. The molecule has 5 heteroatoms. The molecule has 1 rings (SSSR count). The van der Waals surface area contributed by atoms with E-state index in [2.05, 4.69) is 10.7 Å². The number of carbonyl (C=O) groups excluding carboxylic acids is 1. The van der Waals surface area contributed by atoms with Gasteiger partial charge >= 0.3 is 5.97 Å². The maximum Gasteiger partial charge on any atom is 0.358 e. The van der Waals surface area contributed by atoms with Crippen LogP contribution in [0.1, 0.15) is 10.4 Å². The molecule has 12 heavy (non-hydrogen) atoms. The van der Waals surface area contributed by atoms with Crippen molar-refractivity contribution >= 4 is 17.3 Å². The molecule has 1 aromatic carbocycles. The number of hydrogen-bond donors (Lipinski definition) is 3. The van der Waals surface area contributed by atoms with E-state index in [1.54, 1.807) is 6.07 Å². The van der Waals surface area contributed by atoms with Gasteiger partial charge in [-0.15, -0.1) is 0 Å². The molecule has 0 amide bonds. The summed E-state index contributed by atoms with van der Waals surface area (Å²) in [6.45, 7) is 0. The lowest BCUT2D eigenvalue weighted by Gasteiger charge is -2.02. The van der Waals surface area contributed by atoms with Crippen molar-refractivity contribution in [3.05, 3.63) is 23.8 Å². The third-order valence-corrected chi connectivity index (χ3v) is 1.40. The number of carbonyl (C=O) groups is 1. The summed E-state index contributed by atoms with van der Waals surface area (Å²) in [5.41, 5.74) is 11.8. The zero-order valence-electron chi connectivity index (χ0n) is 6.28. The van der Waals surface area contributed by atoms with Crippen molar-refractivity contribution < 1.29 is 9.63 Å². The molecule has 0 saturated heterocycles. The lowest BCUT2D eigenvalue weighted by Crippen LogP contribution is -2.12. The van der Waals surface area contributed by atoms with Gasteiger partial charge < -0.3 is 16.3 Å². The van der Waals surface area contributed by atoms with Crippen molar-refractivity contribution in [1.29, 1.82) is 0 Å². The highest BCUT2D eigenvalue weighted by Crippen LogP contribution is 2.15. The fourth-order valence-electron chi connectivity index (χ4n) is 0.831. The normalized spacial score (nSPS) is 9.42. The predicted molar refractivity (Wildman–Crippen MR) is 44.9 cm³/mol. The Bertz CT molecular complexity index is 312. The number of anilines is 2. The van der Waals surface area contributed by atoms with Crippen LogP contribution in [0.25, 0.3) is 0 Å². The van der Waals surface area contributed by atoms with Crippen LogP contribution in [0.15, 0.2) is 18.2 Å². The summed E-state index contributed by atoms with van der Waals surface area (Å²) in [4.78, 5) is 14.9. The van der Waals surface area contributed by atoms with Crippen LogP contribution >= 0.6 is 0 Å². The van der Waals surface area contributed by atoms with E-state index >= 15 is 0 Å². The minimum Gasteiger partial charge on any atom is -0.399 e. The molecule has 0 spiro atoms. The van der Waals surface area contributed by atoms with Gasteiger partial charge in [0.05, 0.1) is 5.56 Å². The van der Waals surface area contributed by atoms with Gasteiger partial charge in [0.2, 0.25) is 0 Å². The summed E-state index contributed by atoms with van der Waals surface area (Å²) in [6, 6.07) is 4.47. The largest absolute Gasteiger partial charge is 0.399 e. The maximum absolute atomic E-state index is 10.9. The van der Waals surface area contributed by atoms with Crippen LogP contribution in [0.5, 0.6) is 0 Å². The molecular formula is C7H9N3O2. The number of rotatable bonds is 1. The molecule has 0 aliphatic carbocycles. The third kappa shape index (κ3) is 1.46. The first-order valence-electron chi connectivity index (χ1n) is 3.21. The Morgan fingerprint density at radius 3 is 2.50 bits per heavy atom. The molecule has 5 nitrogen and oxygen atoms in total. The zero-order valence-corrected chi connectivity index (χ0v) is 6.28. The van der Waals surface area contributed by atoms with E-state index in [1.165, 1.54) is 12.1 Å². The van der Waals surface area contributed by atoms with Crippen LogP contribution in [0.2, 0.25) is 0 Å². The first-order valence-corrected chi connectivity index (χ1v) is 3.21. The van der Waals surface area contributed by atoms with E-state index in [0.717, 1.165) is 0 Å². The van der Waals surface area contributed by atoms with Crippen molar-refractivity contribution in [2.45, 2.75) is 0 Å². The van der Waals surface area contributed by atoms with Crippen LogP contribution in [0, 0.1) is 0 Å². The lowest BCUT2D eigenvalue weighted by molar-refractivity contribution is 0.0505. The molecule has 0 aromatic heterocycles. The highest BCUT2D eigenvalue weighted by molar-refractivity contribution is 5.95. The van der Waals surface area contributed by atoms with E-state index in [-0.39, 0.29) is 11.3 Å². The molecular weight excluding hydrogens is 158 g/mol. The van der Waals surface area contributed by atoms with Crippen LogP contribution in [-0.4, -0.2) is 5.97 Å². The zero-order chi connectivity index (χ0) is 9.14. The summed E-state index contributed by atoms with van der Waals surface area (Å²) in [5.74, 6) is 4.00. The Kier molecular flexibility index (Phi) is 2.16. The summed E-state index contributed by atoms with van der Waals surface area (Å²) in [7, 11) is 0. The van der Waals surface area contributed by atoms with Gasteiger partial charge in [-0.05, 0) is 18.2 Å². The first kappa shape index (κ1) is 8.35. The molecule has 0 radical (unpaired) electrons. The maximum atomic E-state index is 10.9. The number of nitrogen functional groups attached to an aromatic ring is 2. The van der Waals surface area contributed by atoms with E-state index in [1.807, 2.05) is 0 Å². The fraction of sp³-hybridized carbons (Fsp3) is 0. The second kappa shape index (κ2) is 3.10. The van der Waals surface area contributed by atoms with E-state index in [0.29, 0.717) is 5.69 Å². The third-order valence-electron chi connectivity index (χ3n) is 1.40. The molecule has 0 unspecified atom stereocenters. The second-order valence-corrected chi connectivity index (χ2v) is 2.25. The summed E-state index contributed by atoms with van der Waals surface area (Å²) in [6.07, 6.45) is 0. The highest BCUT2D eigenvalue weighted by Gasteiger charge is 2.09. The van der Waals surface area contributed by atoms with Crippen molar-refractivity contribution in [2.24, 2.45) is 5.90 Å². The summed E-state index contributed by atoms with van der Waals surface area (Å²) in [5, 5.41) is 0. The van der Waals surface area contributed by atoms with E-state index < -0.39 is 5.97 Å². The van der Waals surface area contributed by atoms with Crippen molar-refractivity contribution in [3.63, 3.8) is 0 Å². The monoisotopic (exact) mass is 167 g/mol. The number of nitrogens with two attached hydrogens (primary N) is 3. The predicted octanol–water partition coefficient (Wildman–Crippen LogP) is -0.119. The van der Waals surface area contributed by atoms with Crippen LogP contribution in [-0.2, 0) is 4.84 Å². The first-order chi connectivity index (χ1) is 5.65. The van der Waals surface area contributed by atoms with Crippen LogP contribution in [0.3, 0.4) is 0 Å². The Labute approximate surface area is 69.0 Å². The van der Waals surface area contributed by atoms with Gasteiger partial charge in [0.15, 0.2) is 0 Å². The molecule has 0 aliphatic heterocycles. The van der Waals surface area contributed by atoms with Gasteiger partial charge in [-0.25, -0.2) is 4.79 Å². The highest BCUT2D eigenvalue weighted by atomic mass is 16.7. The molecule has 64 valence electrons. The standard InChI is InChI=1S/C7H9N3O2/c8-4-1-2-5(6(9)3-4)7(11)12-10/h1-3H,8-10H2.